The summed E-state index contributed by atoms with van der Waals surface area (Å²) in [6.07, 6.45) is 13.8. The Labute approximate surface area is 311 Å². The minimum absolute atomic E-state index is 0. The van der Waals surface area contributed by atoms with E-state index in [1.165, 1.54) is 32.1 Å². The van der Waals surface area contributed by atoms with E-state index in [0.717, 1.165) is 69.1 Å². The van der Waals surface area contributed by atoms with Crippen molar-refractivity contribution >= 4 is 11.6 Å². The Morgan fingerprint density at radius 3 is 1.47 bits per heavy atom. The number of ketones is 2. The van der Waals surface area contributed by atoms with Gasteiger partial charge < -0.3 is 10.2 Å². The van der Waals surface area contributed by atoms with Gasteiger partial charge in [-0.05, 0) is 198 Å². The molecule has 8 fully saturated rings. The van der Waals surface area contributed by atoms with E-state index in [-0.39, 0.29) is 39.0 Å². The lowest BCUT2D eigenvalue weighted by molar-refractivity contribution is -0.138. The maximum atomic E-state index is 12.8. The largest absolute Gasteiger partial charge is 0.393 e. The number of aliphatic hydroxyl groups is 2. The monoisotopic (exact) mass is 691 g/mol. The molecule has 0 amide bonds. The Kier molecular flexibility index (Phi) is 9.79. The number of Topliss-reactive ketones (excluding diaryl/α,β-unsaturated/α-hetero) is 2. The van der Waals surface area contributed by atoms with Gasteiger partial charge in [-0.1, -0.05) is 50.0 Å². The summed E-state index contributed by atoms with van der Waals surface area (Å²) in [5.74, 6) is 2.60. The van der Waals surface area contributed by atoms with Crippen LogP contribution < -0.4 is 0 Å². The summed E-state index contributed by atoms with van der Waals surface area (Å²) in [5, 5.41) is 20.5. The molecule has 0 saturated heterocycles. The highest BCUT2D eigenvalue weighted by Crippen LogP contribution is 2.69. The molecule has 16 atom stereocenters. The number of hydrogen-bond acceptors (Lipinski definition) is 4. The highest BCUT2D eigenvalue weighted by atomic mass is 16.3. The average Bonchev–Trinajstić information content (AvgIpc) is 3.55. The van der Waals surface area contributed by atoms with E-state index >= 15 is 0 Å². The van der Waals surface area contributed by atoms with Crippen LogP contribution in [-0.4, -0.2) is 33.9 Å². The molecule has 4 nitrogen and oxygen atoms in total. The van der Waals surface area contributed by atoms with E-state index in [2.05, 4.69) is 20.8 Å². The fourth-order valence-electron chi connectivity index (χ4n) is 15.0. The van der Waals surface area contributed by atoms with Gasteiger partial charge >= 0.3 is 0 Å². The molecule has 49 heavy (non-hydrogen) atoms. The number of hydrogen-bond donors (Lipinski definition) is 2. The highest BCUT2D eigenvalue weighted by Gasteiger charge is 2.62. The Hall–Kier alpha value is -0.740. The third-order valence-corrected chi connectivity index (χ3v) is 17.5. The van der Waals surface area contributed by atoms with Crippen molar-refractivity contribution in [3.05, 3.63) is 0 Å². The molecule has 8 rings (SSSR count). The number of fused-ring (bicyclic) bond motifs is 10. The molecule has 0 unspecified atom stereocenters. The maximum Gasteiger partial charge on any atom is 0.133 e. The minimum Gasteiger partial charge on any atom is -0.393 e. The molecule has 0 spiro atoms. The van der Waals surface area contributed by atoms with Crippen molar-refractivity contribution in [2.24, 2.45) is 80.8 Å². The van der Waals surface area contributed by atoms with Crippen LogP contribution in [0, 0.1) is 80.8 Å². The standard InChI is InChI=1S/2C21H34O2.3CH4/c2*1-13(22)17-6-7-18-16-5-4-14-12-15(23)8-10-20(14,2)19(16)9-11-21(17,18)3;;;/h2*14-19,23H,4-12H2,1-3H3;3*1H4/t2*14-,15+,16-,17+,18-,19-,20-,21+;;;/m00.../s1/i1D3,15D,17D;15D;;;. The van der Waals surface area contributed by atoms with Gasteiger partial charge in [-0.15, -0.1) is 0 Å². The highest BCUT2D eigenvalue weighted by molar-refractivity contribution is 5.80. The van der Waals surface area contributed by atoms with Crippen LogP contribution >= 0.6 is 0 Å². The molecule has 0 heterocycles. The number of rotatable bonds is 2. The Morgan fingerprint density at radius 1 is 0.551 bits per heavy atom. The van der Waals surface area contributed by atoms with E-state index in [1.54, 1.807) is 6.92 Å². The molecule has 8 aliphatic rings. The SMILES string of the molecule is C.C.C.[2H]C([2H])([2H])C(=O)[C@@]1([2H])CC[C@H]2[C@@H]3CC[C@H]4C[C@]([2H])(O)CC[C@]4(C)[C@H]3CC[C@@]21C.[2H][C@@]1(O)CC[C@@]2(C)[C@@H](CC[C@@H]3[C@@H]2CC[C@]2(C)[C@@H](C(C)=O)CC[C@@H]32)C1. The van der Waals surface area contributed by atoms with E-state index in [0.29, 0.717) is 72.9 Å². The molecule has 4 heteroatoms. The van der Waals surface area contributed by atoms with Crippen molar-refractivity contribution < 1.29 is 28.0 Å². The molecule has 0 radical (unpaired) electrons. The zero-order valence-electron chi connectivity index (χ0n) is 35.6. The summed E-state index contributed by atoms with van der Waals surface area (Å²) in [7, 11) is 0. The normalized spacial score (nSPS) is 58.8. The average molecular weight is 691 g/mol. The number of carbonyl (C=O) groups excluding carboxylic acids is 2. The van der Waals surface area contributed by atoms with Crippen LogP contribution in [0.2, 0.25) is 0 Å². The third-order valence-electron chi connectivity index (χ3n) is 17.5. The fourth-order valence-corrected chi connectivity index (χ4v) is 15.0. The molecule has 2 N–H and O–H groups in total. The van der Waals surface area contributed by atoms with Crippen LogP contribution in [0.4, 0.5) is 0 Å². The van der Waals surface area contributed by atoms with Crippen molar-refractivity contribution in [2.45, 2.75) is 191 Å². The smallest absolute Gasteiger partial charge is 0.133 e. The Balaban J connectivity index is 0.000000234. The van der Waals surface area contributed by atoms with E-state index in [4.69, 9.17) is 8.22 Å². The first-order chi connectivity index (χ1) is 23.9. The quantitative estimate of drug-likeness (QED) is 0.302. The second-order valence-corrected chi connectivity index (χ2v) is 18.9. The molecular formula is C45H80O4. The molecule has 284 valence electrons. The predicted octanol–water partition coefficient (Wildman–Crippen LogP) is 11.1. The Morgan fingerprint density at radius 2 is 0.980 bits per heavy atom. The molecule has 0 aromatic carbocycles. The fraction of sp³-hybridized carbons (Fsp3) is 0.956. The summed E-state index contributed by atoms with van der Waals surface area (Å²) < 4.78 is 48.1. The zero-order valence-corrected chi connectivity index (χ0v) is 29.6. The second-order valence-electron chi connectivity index (χ2n) is 18.9. The van der Waals surface area contributed by atoms with Crippen LogP contribution in [-0.2, 0) is 9.59 Å². The Bertz CT molecular complexity index is 1430. The first-order valence-electron chi connectivity index (χ1n) is 22.4. The summed E-state index contributed by atoms with van der Waals surface area (Å²) in [4.78, 5) is 25.0. The van der Waals surface area contributed by atoms with E-state index < -0.39 is 36.1 Å². The van der Waals surface area contributed by atoms with E-state index in [1.807, 2.05) is 6.92 Å². The van der Waals surface area contributed by atoms with Crippen molar-refractivity contribution in [1.82, 2.24) is 0 Å². The molecule has 8 saturated carbocycles. The lowest BCUT2D eigenvalue weighted by Gasteiger charge is -2.60. The second kappa shape index (κ2) is 14.6. The van der Waals surface area contributed by atoms with Crippen LogP contribution in [0.1, 0.15) is 188 Å². The van der Waals surface area contributed by atoms with Gasteiger partial charge in [0.15, 0.2) is 0 Å². The van der Waals surface area contributed by atoms with Crippen LogP contribution in [0.5, 0.6) is 0 Å². The van der Waals surface area contributed by atoms with Crippen LogP contribution in [0.25, 0.3) is 0 Å². The van der Waals surface area contributed by atoms with Crippen LogP contribution in [0.3, 0.4) is 0 Å². The summed E-state index contributed by atoms with van der Waals surface area (Å²) in [5.41, 5.74) is 0.0966. The van der Waals surface area contributed by atoms with E-state index in [9.17, 15) is 19.8 Å². The molecule has 0 bridgehead atoms. The van der Waals surface area contributed by atoms with Gasteiger partial charge in [-0.2, -0.15) is 0 Å². The molecule has 0 aromatic rings. The zero-order chi connectivity index (χ0) is 38.1. The number of carbonyl (C=O) groups is 2. The predicted molar refractivity (Wildman–Crippen MR) is 204 cm³/mol. The van der Waals surface area contributed by atoms with Crippen molar-refractivity contribution in [3.63, 3.8) is 0 Å². The molecule has 0 aliphatic heterocycles. The minimum atomic E-state index is -2.71. The maximum absolute atomic E-state index is 12.8. The topological polar surface area (TPSA) is 74.6 Å². The summed E-state index contributed by atoms with van der Waals surface area (Å²) in [6, 6.07) is 0. The van der Waals surface area contributed by atoms with Gasteiger partial charge in [0, 0.05) is 17.3 Å². The van der Waals surface area contributed by atoms with Crippen LogP contribution in [0.15, 0.2) is 0 Å². The van der Waals surface area contributed by atoms with Gasteiger partial charge in [0.2, 0.25) is 0 Å². The lowest BCUT2D eigenvalue weighted by Crippen LogP contribution is -2.54. The summed E-state index contributed by atoms with van der Waals surface area (Å²) in [6.45, 7) is 8.31. The van der Waals surface area contributed by atoms with Gasteiger partial charge in [0.1, 0.15) is 11.6 Å². The van der Waals surface area contributed by atoms with Gasteiger partial charge in [0.25, 0.3) is 0 Å². The van der Waals surface area contributed by atoms with Crippen molar-refractivity contribution in [3.8, 4) is 0 Å². The first-order valence-corrected chi connectivity index (χ1v) is 19.4. The third kappa shape index (κ3) is 6.37. The van der Waals surface area contributed by atoms with Gasteiger partial charge in [-0.3, -0.25) is 9.59 Å². The molecule has 8 aliphatic carbocycles. The molecular weight excluding hydrogens is 604 g/mol. The van der Waals surface area contributed by atoms with Crippen molar-refractivity contribution in [1.29, 1.82) is 0 Å². The summed E-state index contributed by atoms with van der Waals surface area (Å²) >= 11 is 0. The lowest BCUT2D eigenvalue weighted by atomic mass is 9.44. The van der Waals surface area contributed by atoms with Gasteiger partial charge in [-0.25, -0.2) is 0 Å². The first kappa shape index (κ1) is 32.9. The van der Waals surface area contributed by atoms with Gasteiger partial charge in [0.05, 0.1) is 14.9 Å². The van der Waals surface area contributed by atoms with Crippen molar-refractivity contribution in [2.75, 3.05) is 0 Å². The molecule has 0 aromatic heterocycles.